The van der Waals surface area contributed by atoms with Crippen molar-refractivity contribution in [2.75, 3.05) is 5.73 Å². The minimum absolute atomic E-state index is 0.774. The number of hydrogen-bond acceptors (Lipinski definition) is 1. The summed E-state index contributed by atoms with van der Waals surface area (Å²) in [7, 11) is 0. The molecule has 0 bridgehead atoms. The molecule has 1 nitrogen and oxygen atoms in total. The maximum atomic E-state index is 5.78. The summed E-state index contributed by atoms with van der Waals surface area (Å²) in [5.41, 5.74) is 11.2. The predicted octanol–water partition coefficient (Wildman–Crippen LogP) is 6.38. The molecule has 0 saturated carbocycles. The Morgan fingerprint density at radius 2 is 1.09 bits per heavy atom. The van der Waals surface area contributed by atoms with Crippen molar-refractivity contribution in [2.24, 2.45) is 0 Å². The SMILES string of the molecule is Nc1ccc(C=C(c2ccc(Br)cc2)c2ccc(Br)cc2)cc1. The molecule has 3 heteroatoms. The highest BCUT2D eigenvalue weighted by Gasteiger charge is 2.06. The summed E-state index contributed by atoms with van der Waals surface area (Å²) in [6.45, 7) is 0. The van der Waals surface area contributed by atoms with Crippen LogP contribution < -0.4 is 5.73 Å². The number of anilines is 1. The second-order valence-electron chi connectivity index (χ2n) is 5.24. The average molecular weight is 429 g/mol. The molecular weight excluding hydrogens is 414 g/mol. The van der Waals surface area contributed by atoms with E-state index in [0.717, 1.165) is 20.2 Å². The lowest BCUT2D eigenvalue weighted by Gasteiger charge is -2.10. The highest BCUT2D eigenvalue weighted by molar-refractivity contribution is 9.10. The number of hydrogen-bond donors (Lipinski definition) is 1. The highest BCUT2D eigenvalue weighted by atomic mass is 79.9. The molecule has 2 N–H and O–H groups in total. The molecule has 0 fully saturated rings. The van der Waals surface area contributed by atoms with Gasteiger partial charge in [-0.25, -0.2) is 0 Å². The molecule has 23 heavy (non-hydrogen) atoms. The maximum absolute atomic E-state index is 5.78. The van der Waals surface area contributed by atoms with Crippen LogP contribution >= 0.6 is 31.9 Å². The topological polar surface area (TPSA) is 26.0 Å². The van der Waals surface area contributed by atoms with Crippen LogP contribution in [0.5, 0.6) is 0 Å². The van der Waals surface area contributed by atoms with Crippen LogP contribution in [0.2, 0.25) is 0 Å². The minimum atomic E-state index is 0.774. The van der Waals surface area contributed by atoms with Crippen LogP contribution in [0.25, 0.3) is 11.6 Å². The Kier molecular flexibility index (Phi) is 4.99. The van der Waals surface area contributed by atoms with Crippen LogP contribution in [-0.2, 0) is 0 Å². The summed E-state index contributed by atoms with van der Waals surface area (Å²) in [5, 5.41) is 0. The number of rotatable bonds is 3. The number of halogens is 2. The summed E-state index contributed by atoms with van der Waals surface area (Å²) in [4.78, 5) is 0. The first-order valence-corrected chi connectivity index (χ1v) is 8.79. The molecule has 0 aromatic heterocycles. The van der Waals surface area contributed by atoms with Crippen molar-refractivity contribution >= 4 is 49.2 Å². The first-order chi connectivity index (χ1) is 11.1. The Labute approximate surface area is 153 Å². The molecule has 0 atom stereocenters. The molecule has 0 radical (unpaired) electrons. The smallest absolute Gasteiger partial charge is 0.0314 e. The van der Waals surface area contributed by atoms with Crippen LogP contribution in [0.1, 0.15) is 16.7 Å². The zero-order valence-electron chi connectivity index (χ0n) is 12.3. The molecule has 0 aliphatic rings. The first kappa shape index (κ1) is 16.0. The minimum Gasteiger partial charge on any atom is -0.399 e. The van der Waals surface area contributed by atoms with Crippen molar-refractivity contribution in [1.29, 1.82) is 0 Å². The van der Waals surface area contributed by atoms with Crippen molar-refractivity contribution in [2.45, 2.75) is 0 Å². The molecule has 0 unspecified atom stereocenters. The molecule has 0 amide bonds. The van der Waals surface area contributed by atoms with E-state index in [-0.39, 0.29) is 0 Å². The fourth-order valence-corrected chi connectivity index (χ4v) is 2.88. The van der Waals surface area contributed by atoms with E-state index in [2.05, 4.69) is 86.5 Å². The second-order valence-corrected chi connectivity index (χ2v) is 7.07. The van der Waals surface area contributed by atoms with Gasteiger partial charge in [-0.15, -0.1) is 0 Å². The van der Waals surface area contributed by atoms with Gasteiger partial charge in [0.2, 0.25) is 0 Å². The Balaban J connectivity index is 2.10. The molecule has 3 aromatic rings. The van der Waals surface area contributed by atoms with E-state index < -0.39 is 0 Å². The zero-order valence-corrected chi connectivity index (χ0v) is 15.5. The summed E-state index contributed by atoms with van der Waals surface area (Å²) in [6.07, 6.45) is 2.19. The van der Waals surface area contributed by atoms with E-state index in [1.165, 1.54) is 16.7 Å². The standard InChI is InChI=1S/C20H15Br2N/c21-17-7-3-15(4-8-17)20(16-5-9-18(22)10-6-16)13-14-1-11-19(23)12-2-14/h1-13H,23H2. The third-order valence-corrected chi connectivity index (χ3v) is 4.62. The van der Waals surface area contributed by atoms with Gasteiger partial charge in [0, 0.05) is 14.6 Å². The first-order valence-electron chi connectivity index (χ1n) is 7.21. The molecular formula is C20H15Br2N. The van der Waals surface area contributed by atoms with Crippen molar-refractivity contribution in [3.63, 3.8) is 0 Å². The largest absolute Gasteiger partial charge is 0.399 e. The van der Waals surface area contributed by atoms with Crippen LogP contribution in [-0.4, -0.2) is 0 Å². The normalized spacial score (nSPS) is 10.3. The van der Waals surface area contributed by atoms with E-state index in [0.29, 0.717) is 0 Å². The van der Waals surface area contributed by atoms with E-state index >= 15 is 0 Å². The van der Waals surface area contributed by atoms with Crippen LogP contribution in [0.3, 0.4) is 0 Å². The Hall–Kier alpha value is -1.84. The van der Waals surface area contributed by atoms with Gasteiger partial charge in [-0.2, -0.15) is 0 Å². The lowest BCUT2D eigenvalue weighted by atomic mass is 9.96. The van der Waals surface area contributed by atoms with E-state index in [9.17, 15) is 0 Å². The third-order valence-electron chi connectivity index (χ3n) is 3.56. The molecule has 0 aliphatic heterocycles. The monoisotopic (exact) mass is 427 g/mol. The molecule has 3 aromatic carbocycles. The van der Waals surface area contributed by atoms with Gasteiger partial charge in [-0.3, -0.25) is 0 Å². The van der Waals surface area contributed by atoms with Gasteiger partial charge in [-0.1, -0.05) is 68.3 Å². The molecule has 0 saturated heterocycles. The van der Waals surface area contributed by atoms with Crippen molar-refractivity contribution in [1.82, 2.24) is 0 Å². The second kappa shape index (κ2) is 7.16. The zero-order chi connectivity index (χ0) is 16.2. The summed E-state index contributed by atoms with van der Waals surface area (Å²) in [6, 6.07) is 24.6. The van der Waals surface area contributed by atoms with Crippen LogP contribution in [0.4, 0.5) is 5.69 Å². The van der Waals surface area contributed by atoms with Gasteiger partial charge in [0.25, 0.3) is 0 Å². The number of nitrogen functional groups attached to an aromatic ring is 1. The molecule has 0 spiro atoms. The van der Waals surface area contributed by atoms with Crippen molar-refractivity contribution in [3.8, 4) is 0 Å². The maximum Gasteiger partial charge on any atom is 0.0314 e. The van der Waals surface area contributed by atoms with Gasteiger partial charge in [0.05, 0.1) is 0 Å². The van der Waals surface area contributed by atoms with Crippen molar-refractivity contribution < 1.29 is 0 Å². The summed E-state index contributed by atoms with van der Waals surface area (Å²) in [5.74, 6) is 0. The van der Waals surface area contributed by atoms with Crippen LogP contribution in [0, 0.1) is 0 Å². The van der Waals surface area contributed by atoms with E-state index in [1.54, 1.807) is 0 Å². The molecule has 0 heterocycles. The predicted molar refractivity (Wildman–Crippen MR) is 106 cm³/mol. The fraction of sp³-hybridized carbons (Fsp3) is 0. The number of benzene rings is 3. The fourth-order valence-electron chi connectivity index (χ4n) is 2.35. The average Bonchev–Trinajstić information content (AvgIpc) is 2.56. The van der Waals surface area contributed by atoms with Gasteiger partial charge in [0.1, 0.15) is 0 Å². The van der Waals surface area contributed by atoms with E-state index in [1.807, 2.05) is 24.3 Å². The summed E-state index contributed by atoms with van der Waals surface area (Å²) < 4.78 is 2.15. The van der Waals surface area contributed by atoms with Gasteiger partial charge in [-0.05, 0) is 64.7 Å². The Morgan fingerprint density at radius 3 is 1.52 bits per heavy atom. The van der Waals surface area contributed by atoms with Gasteiger partial charge in [0.15, 0.2) is 0 Å². The lowest BCUT2D eigenvalue weighted by Crippen LogP contribution is -1.89. The highest BCUT2D eigenvalue weighted by Crippen LogP contribution is 2.28. The number of nitrogens with two attached hydrogens (primary N) is 1. The summed E-state index contributed by atoms with van der Waals surface area (Å²) >= 11 is 6.99. The van der Waals surface area contributed by atoms with Crippen LogP contribution in [0.15, 0.2) is 81.7 Å². The molecule has 3 rings (SSSR count). The van der Waals surface area contributed by atoms with Gasteiger partial charge < -0.3 is 5.73 Å². The lowest BCUT2D eigenvalue weighted by molar-refractivity contribution is 1.52. The Morgan fingerprint density at radius 1 is 0.652 bits per heavy atom. The molecule has 0 aliphatic carbocycles. The van der Waals surface area contributed by atoms with Gasteiger partial charge >= 0.3 is 0 Å². The Bertz CT molecular complexity index is 770. The third kappa shape index (κ3) is 4.12. The molecule has 114 valence electrons. The van der Waals surface area contributed by atoms with Crippen molar-refractivity contribution in [3.05, 3.63) is 98.4 Å². The quantitative estimate of drug-likeness (QED) is 0.380. The van der Waals surface area contributed by atoms with E-state index in [4.69, 9.17) is 5.73 Å².